The molecule has 0 amide bonds. The van der Waals surface area contributed by atoms with E-state index in [0.29, 0.717) is 11.7 Å². The fraction of sp³-hybridized carbons (Fsp3) is 0.643. The standard InChI is InChI=1S/C14H20O2S/c1-9-4-5-11(6-10(9)2)14(15)13-7-12(16-3)8-17-13/h7-11H,4-6H2,1-3H3. The summed E-state index contributed by atoms with van der Waals surface area (Å²) in [5, 5.41) is 1.90. The summed E-state index contributed by atoms with van der Waals surface area (Å²) in [4.78, 5) is 13.2. The number of Topliss-reactive ketones (excluding diaryl/α,β-unsaturated/α-hetero) is 1. The van der Waals surface area contributed by atoms with Crippen molar-refractivity contribution in [3.05, 3.63) is 16.3 Å². The highest BCUT2D eigenvalue weighted by Crippen LogP contribution is 2.36. The number of thiophene rings is 1. The van der Waals surface area contributed by atoms with Gasteiger partial charge in [-0.1, -0.05) is 13.8 Å². The number of methoxy groups -OCH3 is 1. The van der Waals surface area contributed by atoms with Crippen LogP contribution >= 0.6 is 11.3 Å². The van der Waals surface area contributed by atoms with Gasteiger partial charge in [0.25, 0.3) is 0 Å². The third-order valence-corrected chi connectivity index (χ3v) is 4.95. The van der Waals surface area contributed by atoms with Gasteiger partial charge in [-0.25, -0.2) is 0 Å². The van der Waals surface area contributed by atoms with Gasteiger partial charge in [0.15, 0.2) is 5.78 Å². The van der Waals surface area contributed by atoms with Crippen molar-refractivity contribution in [2.24, 2.45) is 17.8 Å². The van der Waals surface area contributed by atoms with E-state index in [-0.39, 0.29) is 5.92 Å². The molecule has 2 nitrogen and oxygen atoms in total. The van der Waals surface area contributed by atoms with E-state index in [1.54, 1.807) is 7.11 Å². The van der Waals surface area contributed by atoms with Gasteiger partial charge in [-0.05, 0) is 31.1 Å². The van der Waals surface area contributed by atoms with Crippen LogP contribution in [0.5, 0.6) is 5.75 Å². The maximum Gasteiger partial charge on any atom is 0.175 e. The Morgan fingerprint density at radius 3 is 2.71 bits per heavy atom. The molecule has 1 aliphatic rings. The first-order valence-electron chi connectivity index (χ1n) is 6.28. The van der Waals surface area contributed by atoms with E-state index in [9.17, 15) is 4.79 Å². The Hall–Kier alpha value is -0.830. The van der Waals surface area contributed by atoms with E-state index >= 15 is 0 Å². The first kappa shape index (κ1) is 12.6. The molecule has 1 heterocycles. The molecular formula is C14H20O2S. The van der Waals surface area contributed by atoms with Crippen LogP contribution in [0.3, 0.4) is 0 Å². The van der Waals surface area contributed by atoms with E-state index in [0.717, 1.165) is 29.4 Å². The van der Waals surface area contributed by atoms with Gasteiger partial charge in [0, 0.05) is 17.4 Å². The molecule has 0 aromatic carbocycles. The molecule has 1 saturated carbocycles. The van der Waals surface area contributed by atoms with Gasteiger partial charge < -0.3 is 4.74 Å². The predicted molar refractivity (Wildman–Crippen MR) is 70.9 cm³/mol. The highest BCUT2D eigenvalue weighted by atomic mass is 32.1. The maximum absolute atomic E-state index is 12.3. The molecule has 0 aliphatic heterocycles. The zero-order chi connectivity index (χ0) is 12.4. The maximum atomic E-state index is 12.3. The van der Waals surface area contributed by atoms with Crippen LogP contribution in [0.25, 0.3) is 0 Å². The Kier molecular flexibility index (Phi) is 3.87. The van der Waals surface area contributed by atoms with Gasteiger partial charge >= 0.3 is 0 Å². The van der Waals surface area contributed by atoms with Gasteiger partial charge in [0.05, 0.1) is 12.0 Å². The van der Waals surface area contributed by atoms with Crippen LogP contribution in [0.1, 0.15) is 42.8 Å². The summed E-state index contributed by atoms with van der Waals surface area (Å²) in [6.07, 6.45) is 3.27. The number of carbonyl (C=O) groups excluding carboxylic acids is 1. The minimum Gasteiger partial charge on any atom is -0.496 e. The molecule has 3 heteroatoms. The largest absolute Gasteiger partial charge is 0.496 e. The molecule has 3 atom stereocenters. The normalized spacial score (nSPS) is 29.0. The minimum atomic E-state index is 0.226. The van der Waals surface area contributed by atoms with E-state index in [1.807, 2.05) is 11.4 Å². The van der Waals surface area contributed by atoms with Crippen molar-refractivity contribution in [3.63, 3.8) is 0 Å². The second kappa shape index (κ2) is 5.21. The van der Waals surface area contributed by atoms with E-state index in [4.69, 9.17) is 4.74 Å². The van der Waals surface area contributed by atoms with Crippen LogP contribution < -0.4 is 4.74 Å². The van der Waals surface area contributed by atoms with Gasteiger partial charge in [-0.15, -0.1) is 11.3 Å². The van der Waals surface area contributed by atoms with Crippen LogP contribution in [-0.2, 0) is 0 Å². The monoisotopic (exact) mass is 252 g/mol. The summed E-state index contributed by atoms with van der Waals surface area (Å²) in [6, 6.07) is 1.87. The number of rotatable bonds is 3. The van der Waals surface area contributed by atoms with Crippen LogP contribution in [0, 0.1) is 17.8 Å². The molecular weight excluding hydrogens is 232 g/mol. The average Bonchev–Trinajstić information content (AvgIpc) is 2.80. The highest BCUT2D eigenvalue weighted by molar-refractivity contribution is 7.12. The van der Waals surface area contributed by atoms with Crippen LogP contribution in [0.4, 0.5) is 0 Å². The van der Waals surface area contributed by atoms with Gasteiger partial charge in [-0.2, -0.15) is 0 Å². The zero-order valence-corrected chi connectivity index (χ0v) is 11.5. The van der Waals surface area contributed by atoms with Gasteiger partial charge in [0.2, 0.25) is 0 Å². The summed E-state index contributed by atoms with van der Waals surface area (Å²) in [6.45, 7) is 4.55. The van der Waals surface area contributed by atoms with Crippen molar-refractivity contribution in [2.45, 2.75) is 33.1 Å². The summed E-state index contributed by atoms with van der Waals surface area (Å²) in [7, 11) is 1.64. The van der Waals surface area contributed by atoms with Gasteiger partial charge in [0.1, 0.15) is 5.75 Å². The van der Waals surface area contributed by atoms with Crippen molar-refractivity contribution in [2.75, 3.05) is 7.11 Å². The fourth-order valence-corrected chi connectivity index (χ4v) is 3.42. The number of hydrogen-bond acceptors (Lipinski definition) is 3. The lowest BCUT2D eigenvalue weighted by Gasteiger charge is -2.30. The second-order valence-electron chi connectivity index (χ2n) is 5.18. The summed E-state index contributed by atoms with van der Waals surface area (Å²) < 4.78 is 5.13. The molecule has 0 N–H and O–H groups in total. The van der Waals surface area contributed by atoms with Crippen LogP contribution in [-0.4, -0.2) is 12.9 Å². The Morgan fingerprint density at radius 2 is 2.12 bits per heavy atom. The zero-order valence-electron chi connectivity index (χ0n) is 10.7. The van der Waals surface area contributed by atoms with Crippen molar-refractivity contribution in [1.29, 1.82) is 0 Å². The third kappa shape index (κ3) is 2.71. The molecule has 0 radical (unpaired) electrons. The Labute approximate surface area is 107 Å². The summed E-state index contributed by atoms with van der Waals surface area (Å²) >= 11 is 1.50. The highest BCUT2D eigenvalue weighted by Gasteiger charge is 2.30. The van der Waals surface area contributed by atoms with E-state index in [1.165, 1.54) is 17.8 Å². The lowest BCUT2D eigenvalue weighted by Crippen LogP contribution is -2.26. The van der Waals surface area contributed by atoms with E-state index < -0.39 is 0 Å². The average molecular weight is 252 g/mol. The lowest BCUT2D eigenvalue weighted by atomic mass is 9.74. The van der Waals surface area contributed by atoms with Crippen LogP contribution in [0.15, 0.2) is 11.4 Å². The number of ketones is 1. The Morgan fingerprint density at radius 1 is 1.35 bits per heavy atom. The minimum absolute atomic E-state index is 0.226. The van der Waals surface area contributed by atoms with Crippen molar-refractivity contribution in [3.8, 4) is 5.75 Å². The topological polar surface area (TPSA) is 26.3 Å². The Balaban J connectivity index is 2.05. The molecule has 1 aromatic heterocycles. The number of carbonyl (C=O) groups is 1. The lowest BCUT2D eigenvalue weighted by molar-refractivity contribution is 0.0841. The molecule has 1 aromatic rings. The summed E-state index contributed by atoms with van der Waals surface area (Å²) in [5.74, 6) is 2.77. The fourth-order valence-electron chi connectivity index (χ4n) is 2.54. The van der Waals surface area contributed by atoms with Crippen molar-refractivity contribution in [1.82, 2.24) is 0 Å². The number of ether oxygens (including phenoxy) is 1. The first-order chi connectivity index (χ1) is 8.11. The van der Waals surface area contributed by atoms with Gasteiger partial charge in [-0.3, -0.25) is 4.79 Å². The molecule has 94 valence electrons. The molecule has 0 bridgehead atoms. The summed E-state index contributed by atoms with van der Waals surface area (Å²) in [5.41, 5.74) is 0. The molecule has 0 saturated heterocycles. The van der Waals surface area contributed by atoms with Crippen LogP contribution in [0.2, 0.25) is 0 Å². The Bertz CT molecular complexity index is 397. The number of hydrogen-bond donors (Lipinski definition) is 0. The molecule has 2 rings (SSSR count). The first-order valence-corrected chi connectivity index (χ1v) is 7.16. The van der Waals surface area contributed by atoms with Crippen molar-refractivity contribution >= 4 is 17.1 Å². The van der Waals surface area contributed by atoms with E-state index in [2.05, 4.69) is 13.8 Å². The smallest absolute Gasteiger partial charge is 0.175 e. The predicted octanol–water partition coefficient (Wildman–Crippen LogP) is 4.01. The quantitative estimate of drug-likeness (QED) is 0.760. The molecule has 0 spiro atoms. The second-order valence-corrected chi connectivity index (χ2v) is 6.09. The van der Waals surface area contributed by atoms with Crippen molar-refractivity contribution < 1.29 is 9.53 Å². The molecule has 17 heavy (non-hydrogen) atoms. The molecule has 1 aliphatic carbocycles. The third-order valence-electron chi connectivity index (χ3n) is 4.02. The molecule has 3 unspecified atom stereocenters. The molecule has 1 fully saturated rings. The SMILES string of the molecule is COc1csc(C(=O)C2CCC(C)C(C)C2)c1.